The van der Waals surface area contributed by atoms with Crippen LogP contribution in [0.15, 0.2) is 18.2 Å². The summed E-state index contributed by atoms with van der Waals surface area (Å²) in [7, 11) is 1.94. The SMILES string of the molecule is CNC1CC2CCC(C1)N2c1cc(C(F)(F)F)ccc1Cl. The fourth-order valence-corrected chi connectivity index (χ4v) is 3.91. The summed E-state index contributed by atoms with van der Waals surface area (Å²) < 4.78 is 38.8. The van der Waals surface area contributed by atoms with Gasteiger partial charge in [-0.05, 0) is 50.9 Å². The lowest BCUT2D eigenvalue weighted by Gasteiger charge is -2.41. The maximum Gasteiger partial charge on any atom is 0.416 e. The number of rotatable bonds is 2. The summed E-state index contributed by atoms with van der Waals surface area (Å²) in [5.74, 6) is 0. The highest BCUT2D eigenvalue weighted by atomic mass is 35.5. The van der Waals surface area contributed by atoms with Crippen LogP contribution in [0.25, 0.3) is 0 Å². The molecule has 6 heteroatoms. The number of nitrogens with zero attached hydrogens (tertiary/aromatic N) is 1. The van der Waals surface area contributed by atoms with Gasteiger partial charge < -0.3 is 10.2 Å². The van der Waals surface area contributed by atoms with Crippen LogP contribution in [0.2, 0.25) is 5.02 Å². The fourth-order valence-electron chi connectivity index (χ4n) is 3.69. The van der Waals surface area contributed by atoms with E-state index in [2.05, 4.69) is 10.2 Å². The molecule has 1 aromatic carbocycles. The van der Waals surface area contributed by atoms with Crippen molar-refractivity contribution in [3.05, 3.63) is 28.8 Å². The van der Waals surface area contributed by atoms with Gasteiger partial charge in [-0.3, -0.25) is 0 Å². The van der Waals surface area contributed by atoms with E-state index < -0.39 is 11.7 Å². The van der Waals surface area contributed by atoms with Crippen molar-refractivity contribution >= 4 is 17.3 Å². The van der Waals surface area contributed by atoms with Crippen molar-refractivity contribution in [3.8, 4) is 0 Å². The summed E-state index contributed by atoms with van der Waals surface area (Å²) in [6, 6.07) is 4.62. The number of nitrogens with one attached hydrogen (secondary N) is 1. The predicted molar refractivity (Wildman–Crippen MR) is 77.8 cm³/mol. The van der Waals surface area contributed by atoms with Crippen molar-refractivity contribution in [2.75, 3.05) is 11.9 Å². The third-order valence-electron chi connectivity index (χ3n) is 4.69. The zero-order valence-corrected chi connectivity index (χ0v) is 12.5. The highest BCUT2D eigenvalue weighted by Crippen LogP contribution is 2.43. The van der Waals surface area contributed by atoms with Crippen LogP contribution < -0.4 is 10.2 Å². The van der Waals surface area contributed by atoms with Gasteiger partial charge in [0.25, 0.3) is 0 Å². The molecule has 21 heavy (non-hydrogen) atoms. The maximum atomic E-state index is 12.9. The molecule has 2 atom stereocenters. The van der Waals surface area contributed by atoms with Crippen molar-refractivity contribution in [1.29, 1.82) is 0 Å². The van der Waals surface area contributed by atoms with Crippen molar-refractivity contribution in [3.63, 3.8) is 0 Å². The summed E-state index contributed by atoms with van der Waals surface area (Å²) in [5, 5.41) is 3.69. The molecule has 116 valence electrons. The van der Waals surface area contributed by atoms with E-state index >= 15 is 0 Å². The van der Waals surface area contributed by atoms with E-state index in [0.29, 0.717) is 16.8 Å². The quantitative estimate of drug-likeness (QED) is 0.884. The second-order valence-electron chi connectivity index (χ2n) is 5.91. The summed E-state index contributed by atoms with van der Waals surface area (Å²) in [6.07, 6.45) is -0.369. The average Bonchev–Trinajstić information content (AvgIpc) is 2.68. The Morgan fingerprint density at radius 3 is 2.33 bits per heavy atom. The molecule has 1 N–H and O–H groups in total. The van der Waals surface area contributed by atoms with Gasteiger partial charge in [0.15, 0.2) is 0 Å². The Hall–Kier alpha value is -0.940. The van der Waals surface area contributed by atoms with Crippen molar-refractivity contribution < 1.29 is 13.2 Å². The third-order valence-corrected chi connectivity index (χ3v) is 5.01. The van der Waals surface area contributed by atoms with E-state index in [9.17, 15) is 13.2 Å². The van der Waals surface area contributed by atoms with Gasteiger partial charge in [-0.15, -0.1) is 0 Å². The van der Waals surface area contributed by atoms with E-state index in [0.717, 1.165) is 31.7 Å². The van der Waals surface area contributed by atoms with Crippen LogP contribution in [0.4, 0.5) is 18.9 Å². The van der Waals surface area contributed by atoms with Crippen LogP contribution in [-0.4, -0.2) is 25.2 Å². The Labute approximate surface area is 127 Å². The molecule has 3 rings (SSSR count). The molecule has 2 fully saturated rings. The van der Waals surface area contributed by atoms with Gasteiger partial charge in [-0.1, -0.05) is 11.6 Å². The number of halogens is 4. The molecule has 2 heterocycles. The molecule has 0 aliphatic carbocycles. The number of fused-ring (bicyclic) bond motifs is 2. The second-order valence-corrected chi connectivity index (χ2v) is 6.32. The fraction of sp³-hybridized carbons (Fsp3) is 0.600. The molecule has 0 saturated carbocycles. The number of piperidine rings is 1. The van der Waals surface area contributed by atoms with Crippen LogP contribution in [0.1, 0.15) is 31.2 Å². The normalized spacial score (nSPS) is 29.0. The predicted octanol–water partition coefficient (Wildman–Crippen LogP) is 4.08. The van der Waals surface area contributed by atoms with E-state index in [1.807, 2.05) is 7.05 Å². The first-order valence-electron chi connectivity index (χ1n) is 7.22. The molecule has 0 spiro atoms. The van der Waals surface area contributed by atoms with E-state index in [1.54, 1.807) is 0 Å². The van der Waals surface area contributed by atoms with Crippen LogP contribution in [0.5, 0.6) is 0 Å². The first-order chi connectivity index (χ1) is 9.90. The van der Waals surface area contributed by atoms with Crippen LogP contribution >= 0.6 is 11.6 Å². The highest BCUT2D eigenvalue weighted by molar-refractivity contribution is 6.33. The number of hydrogen-bond acceptors (Lipinski definition) is 2. The summed E-state index contributed by atoms with van der Waals surface area (Å²) >= 11 is 6.18. The first kappa shape index (κ1) is 15.0. The Morgan fingerprint density at radius 1 is 1.19 bits per heavy atom. The van der Waals surface area contributed by atoms with Gasteiger partial charge in [0.05, 0.1) is 16.3 Å². The molecule has 2 saturated heterocycles. The Kier molecular flexibility index (Phi) is 3.82. The summed E-state index contributed by atoms with van der Waals surface area (Å²) in [6.45, 7) is 0. The topological polar surface area (TPSA) is 15.3 Å². The number of alkyl halides is 3. The number of hydrogen-bond donors (Lipinski definition) is 1. The van der Waals surface area contributed by atoms with Crippen molar-refractivity contribution in [1.82, 2.24) is 5.32 Å². The monoisotopic (exact) mass is 318 g/mol. The Bertz CT molecular complexity index is 518. The zero-order valence-electron chi connectivity index (χ0n) is 11.8. The highest BCUT2D eigenvalue weighted by Gasteiger charge is 2.42. The molecular formula is C15H18ClF3N2. The molecule has 0 amide bonds. The van der Waals surface area contributed by atoms with Gasteiger partial charge in [-0.25, -0.2) is 0 Å². The minimum atomic E-state index is -4.33. The molecular weight excluding hydrogens is 301 g/mol. The number of anilines is 1. The maximum absolute atomic E-state index is 12.9. The Morgan fingerprint density at radius 2 is 1.81 bits per heavy atom. The minimum absolute atomic E-state index is 0.280. The molecule has 2 aliphatic rings. The smallest absolute Gasteiger partial charge is 0.364 e. The lowest BCUT2D eigenvalue weighted by molar-refractivity contribution is -0.137. The van der Waals surface area contributed by atoms with Gasteiger partial charge in [0.1, 0.15) is 0 Å². The van der Waals surface area contributed by atoms with Crippen LogP contribution in [-0.2, 0) is 6.18 Å². The van der Waals surface area contributed by atoms with E-state index in [-0.39, 0.29) is 12.1 Å². The van der Waals surface area contributed by atoms with Crippen LogP contribution in [0, 0.1) is 0 Å². The van der Waals surface area contributed by atoms with Gasteiger partial charge in [0.2, 0.25) is 0 Å². The standard InChI is InChI=1S/C15H18ClF3N2/c1-20-10-7-11-3-4-12(8-10)21(11)14-6-9(15(17,18)19)2-5-13(14)16/h2,5-6,10-12,20H,3-4,7-8H2,1H3. The molecule has 2 bridgehead atoms. The first-order valence-corrected chi connectivity index (χ1v) is 7.60. The minimum Gasteiger partial charge on any atom is -0.364 e. The van der Waals surface area contributed by atoms with Crippen molar-refractivity contribution in [2.45, 2.75) is 50.0 Å². The zero-order chi connectivity index (χ0) is 15.2. The molecule has 0 radical (unpaired) electrons. The number of benzene rings is 1. The summed E-state index contributed by atoms with van der Waals surface area (Å²) in [4.78, 5) is 2.12. The lowest BCUT2D eigenvalue weighted by atomic mass is 9.96. The largest absolute Gasteiger partial charge is 0.416 e. The molecule has 2 nitrogen and oxygen atoms in total. The molecule has 0 aromatic heterocycles. The molecule has 1 aromatic rings. The Balaban J connectivity index is 1.94. The van der Waals surface area contributed by atoms with Gasteiger partial charge in [0, 0.05) is 18.1 Å². The molecule has 2 aliphatic heterocycles. The van der Waals surface area contributed by atoms with E-state index in [4.69, 9.17) is 11.6 Å². The summed E-state index contributed by atoms with van der Waals surface area (Å²) in [5.41, 5.74) is -0.0921. The van der Waals surface area contributed by atoms with Gasteiger partial charge in [-0.2, -0.15) is 13.2 Å². The van der Waals surface area contributed by atoms with Gasteiger partial charge >= 0.3 is 6.18 Å². The molecule has 2 unspecified atom stereocenters. The average molecular weight is 319 g/mol. The second kappa shape index (κ2) is 5.36. The van der Waals surface area contributed by atoms with Crippen LogP contribution in [0.3, 0.4) is 0 Å². The lowest BCUT2D eigenvalue weighted by Crippen LogP contribution is -2.48. The van der Waals surface area contributed by atoms with Crippen molar-refractivity contribution in [2.24, 2.45) is 0 Å². The third kappa shape index (κ3) is 2.73. The van der Waals surface area contributed by atoms with E-state index in [1.165, 1.54) is 12.1 Å².